The Bertz CT molecular complexity index is 1220. The van der Waals surface area contributed by atoms with Crippen molar-refractivity contribution >= 4 is 27.5 Å². The molecule has 2 heteroatoms. The first-order chi connectivity index (χ1) is 12.8. The lowest BCUT2D eigenvalue weighted by atomic mass is 9.91. The Morgan fingerprint density at radius 1 is 0.615 bits per heavy atom. The molecule has 3 N–H and O–H groups in total. The van der Waals surface area contributed by atoms with Crippen molar-refractivity contribution in [3.05, 3.63) is 91.0 Å². The summed E-state index contributed by atoms with van der Waals surface area (Å²) in [4.78, 5) is 3.51. The van der Waals surface area contributed by atoms with Crippen LogP contribution >= 0.6 is 0 Å². The van der Waals surface area contributed by atoms with Crippen molar-refractivity contribution in [2.24, 2.45) is 0 Å². The van der Waals surface area contributed by atoms with Crippen molar-refractivity contribution in [3.63, 3.8) is 0 Å². The molecule has 0 amide bonds. The lowest BCUT2D eigenvalue weighted by molar-refractivity contribution is 1.53. The van der Waals surface area contributed by atoms with Gasteiger partial charge in [0.2, 0.25) is 0 Å². The quantitative estimate of drug-likeness (QED) is 0.369. The van der Waals surface area contributed by atoms with Gasteiger partial charge in [0.1, 0.15) is 0 Å². The van der Waals surface area contributed by atoms with Crippen LogP contribution in [0.15, 0.2) is 91.0 Å². The van der Waals surface area contributed by atoms with Gasteiger partial charge in [-0.2, -0.15) is 0 Å². The molecule has 0 aliphatic carbocycles. The second kappa shape index (κ2) is 5.78. The number of rotatable bonds is 2. The molecule has 2 nitrogen and oxygen atoms in total. The first kappa shape index (κ1) is 14.8. The van der Waals surface area contributed by atoms with Gasteiger partial charge in [0, 0.05) is 21.9 Å². The molecule has 1 aromatic heterocycles. The Morgan fingerprint density at radius 2 is 1.23 bits per heavy atom. The van der Waals surface area contributed by atoms with Gasteiger partial charge in [-0.05, 0) is 28.8 Å². The number of H-pyrrole nitrogens is 1. The highest BCUT2D eigenvalue weighted by molar-refractivity contribution is 6.16. The maximum atomic E-state index is 6.72. The second-order valence-electron chi connectivity index (χ2n) is 6.54. The molecule has 0 saturated heterocycles. The molecule has 26 heavy (non-hydrogen) atoms. The van der Waals surface area contributed by atoms with E-state index in [1.165, 1.54) is 10.9 Å². The fourth-order valence-electron chi connectivity index (χ4n) is 3.77. The zero-order valence-corrected chi connectivity index (χ0v) is 14.2. The summed E-state index contributed by atoms with van der Waals surface area (Å²) in [6.45, 7) is 0. The van der Waals surface area contributed by atoms with Gasteiger partial charge in [-0.15, -0.1) is 0 Å². The Kier molecular flexibility index (Phi) is 3.29. The average Bonchev–Trinajstić information content (AvgIpc) is 3.08. The predicted octanol–water partition coefficient (Wildman–Crippen LogP) is 6.24. The molecule has 0 unspecified atom stereocenters. The van der Waals surface area contributed by atoms with E-state index < -0.39 is 0 Å². The van der Waals surface area contributed by atoms with Crippen LogP contribution in [0.2, 0.25) is 0 Å². The van der Waals surface area contributed by atoms with Crippen LogP contribution in [0.3, 0.4) is 0 Å². The number of aromatic amines is 1. The van der Waals surface area contributed by atoms with E-state index in [1.54, 1.807) is 0 Å². The highest BCUT2D eigenvalue weighted by Gasteiger charge is 2.17. The minimum absolute atomic E-state index is 0.795. The molecular formula is C24H18N2. The summed E-state index contributed by atoms with van der Waals surface area (Å²) in [7, 11) is 0. The molecule has 0 aliphatic heterocycles. The standard InChI is InChI=1S/C24H18N2/c25-23-22(17-11-5-2-6-12-17)19(16-9-3-1-4-10-16)15-20-18-13-7-8-14-21(18)26-24(20)23/h1-15,26H,25H2. The Balaban J connectivity index is 1.95. The third-order valence-electron chi connectivity index (χ3n) is 4.99. The molecule has 0 radical (unpaired) electrons. The number of nitrogens with two attached hydrogens (primary N) is 1. The zero-order chi connectivity index (χ0) is 17.5. The number of benzene rings is 4. The molecule has 4 aromatic carbocycles. The van der Waals surface area contributed by atoms with E-state index in [-0.39, 0.29) is 0 Å². The lowest BCUT2D eigenvalue weighted by Gasteiger charge is -2.15. The van der Waals surface area contributed by atoms with Crippen molar-refractivity contribution in [1.29, 1.82) is 0 Å². The van der Waals surface area contributed by atoms with Gasteiger partial charge in [-0.25, -0.2) is 0 Å². The molecule has 5 aromatic rings. The number of hydrogen-bond acceptors (Lipinski definition) is 1. The molecule has 0 aliphatic rings. The third-order valence-corrected chi connectivity index (χ3v) is 4.99. The van der Waals surface area contributed by atoms with E-state index in [9.17, 15) is 0 Å². The van der Waals surface area contributed by atoms with Crippen LogP contribution < -0.4 is 5.73 Å². The number of anilines is 1. The molecule has 0 fully saturated rings. The summed E-state index contributed by atoms with van der Waals surface area (Å²) < 4.78 is 0. The minimum atomic E-state index is 0.795. The molecule has 0 atom stereocenters. The maximum absolute atomic E-state index is 6.72. The van der Waals surface area contributed by atoms with Crippen molar-refractivity contribution in [2.75, 3.05) is 5.73 Å². The smallest absolute Gasteiger partial charge is 0.0705 e. The van der Waals surface area contributed by atoms with Gasteiger partial charge in [0.05, 0.1) is 11.2 Å². The van der Waals surface area contributed by atoms with Crippen LogP contribution in [0, 0.1) is 0 Å². The first-order valence-electron chi connectivity index (χ1n) is 8.76. The molecule has 0 spiro atoms. The number of nitrogens with one attached hydrogen (secondary N) is 1. The first-order valence-corrected chi connectivity index (χ1v) is 8.76. The maximum Gasteiger partial charge on any atom is 0.0705 e. The largest absolute Gasteiger partial charge is 0.397 e. The van der Waals surface area contributed by atoms with Crippen LogP contribution in [-0.2, 0) is 0 Å². The second-order valence-corrected chi connectivity index (χ2v) is 6.54. The van der Waals surface area contributed by atoms with E-state index in [0.29, 0.717) is 0 Å². The topological polar surface area (TPSA) is 41.8 Å². The Labute approximate surface area is 151 Å². The highest BCUT2D eigenvalue weighted by atomic mass is 14.7. The molecule has 0 saturated carbocycles. The number of nitrogen functional groups attached to an aromatic ring is 1. The van der Waals surface area contributed by atoms with Gasteiger partial charge in [-0.1, -0.05) is 78.9 Å². The molecule has 124 valence electrons. The Hall–Kier alpha value is -3.52. The molecule has 1 heterocycles. The van der Waals surface area contributed by atoms with Crippen molar-refractivity contribution in [2.45, 2.75) is 0 Å². The zero-order valence-electron chi connectivity index (χ0n) is 14.2. The Morgan fingerprint density at radius 3 is 1.96 bits per heavy atom. The molecule has 0 bridgehead atoms. The predicted molar refractivity (Wildman–Crippen MR) is 111 cm³/mol. The summed E-state index contributed by atoms with van der Waals surface area (Å²) in [6, 6.07) is 31.5. The summed E-state index contributed by atoms with van der Waals surface area (Å²) in [5.41, 5.74) is 14.2. The summed E-state index contributed by atoms with van der Waals surface area (Å²) >= 11 is 0. The van der Waals surface area contributed by atoms with Gasteiger partial charge in [0.25, 0.3) is 0 Å². The number of para-hydroxylation sites is 1. The van der Waals surface area contributed by atoms with E-state index in [0.717, 1.165) is 38.8 Å². The number of hydrogen-bond donors (Lipinski definition) is 2. The number of aromatic nitrogens is 1. The van der Waals surface area contributed by atoms with Crippen LogP contribution in [-0.4, -0.2) is 4.98 Å². The van der Waals surface area contributed by atoms with Crippen molar-refractivity contribution < 1.29 is 0 Å². The van der Waals surface area contributed by atoms with Crippen LogP contribution in [0.25, 0.3) is 44.1 Å². The number of fused-ring (bicyclic) bond motifs is 3. The van der Waals surface area contributed by atoms with E-state index in [2.05, 4.69) is 77.8 Å². The van der Waals surface area contributed by atoms with Crippen molar-refractivity contribution in [1.82, 2.24) is 4.98 Å². The minimum Gasteiger partial charge on any atom is -0.397 e. The van der Waals surface area contributed by atoms with E-state index >= 15 is 0 Å². The molecule has 5 rings (SSSR count). The highest BCUT2D eigenvalue weighted by Crippen LogP contribution is 2.42. The average molecular weight is 334 g/mol. The van der Waals surface area contributed by atoms with E-state index in [1.807, 2.05) is 18.2 Å². The SMILES string of the molecule is Nc1c(-c2ccccc2)c(-c2ccccc2)cc2c1[nH]c1ccccc12. The van der Waals surface area contributed by atoms with Crippen LogP contribution in [0.4, 0.5) is 5.69 Å². The summed E-state index contributed by atoms with van der Waals surface area (Å²) in [5.74, 6) is 0. The van der Waals surface area contributed by atoms with Gasteiger partial charge >= 0.3 is 0 Å². The third kappa shape index (κ3) is 2.20. The van der Waals surface area contributed by atoms with Crippen LogP contribution in [0.1, 0.15) is 0 Å². The molecular weight excluding hydrogens is 316 g/mol. The fraction of sp³-hybridized carbons (Fsp3) is 0. The lowest BCUT2D eigenvalue weighted by Crippen LogP contribution is -1.95. The summed E-state index contributed by atoms with van der Waals surface area (Å²) in [6.07, 6.45) is 0. The van der Waals surface area contributed by atoms with E-state index in [4.69, 9.17) is 5.73 Å². The monoisotopic (exact) mass is 334 g/mol. The summed E-state index contributed by atoms with van der Waals surface area (Å²) in [5, 5.41) is 2.36. The van der Waals surface area contributed by atoms with Gasteiger partial charge < -0.3 is 10.7 Å². The normalized spacial score (nSPS) is 11.2. The van der Waals surface area contributed by atoms with Crippen LogP contribution in [0.5, 0.6) is 0 Å². The van der Waals surface area contributed by atoms with Crippen molar-refractivity contribution in [3.8, 4) is 22.3 Å². The van der Waals surface area contributed by atoms with Gasteiger partial charge in [-0.3, -0.25) is 0 Å². The fourth-order valence-corrected chi connectivity index (χ4v) is 3.77. The van der Waals surface area contributed by atoms with Gasteiger partial charge in [0.15, 0.2) is 0 Å².